The van der Waals surface area contributed by atoms with Crippen molar-refractivity contribution >= 4 is 0 Å². The maximum absolute atomic E-state index is 6.64. The highest BCUT2D eigenvalue weighted by Crippen LogP contribution is 2.66. The summed E-state index contributed by atoms with van der Waals surface area (Å²) in [5.41, 5.74) is 7.41. The topological polar surface area (TPSA) is 29.3 Å². The van der Waals surface area contributed by atoms with Gasteiger partial charge in [-0.15, -0.1) is 0 Å². The van der Waals surface area contributed by atoms with Crippen molar-refractivity contribution in [2.75, 3.05) is 13.6 Å². The van der Waals surface area contributed by atoms with Gasteiger partial charge in [0.05, 0.1) is 0 Å². The molecule has 0 aromatic carbocycles. The number of likely N-dealkylation sites (N-methyl/N-ethyl adjacent to an activating group) is 1. The molecule has 0 aromatic rings. The monoisotopic (exact) mass is 180 g/mol. The molecule has 1 aliphatic heterocycles. The first-order valence-electron chi connectivity index (χ1n) is 5.58. The van der Waals surface area contributed by atoms with Gasteiger partial charge < -0.3 is 10.6 Å². The molecule has 74 valence electrons. The fraction of sp³-hybridized carbons (Fsp3) is 1.00. The van der Waals surface area contributed by atoms with Crippen molar-refractivity contribution in [3.8, 4) is 0 Å². The van der Waals surface area contributed by atoms with Crippen LogP contribution in [0.25, 0.3) is 0 Å². The van der Waals surface area contributed by atoms with Gasteiger partial charge in [0.15, 0.2) is 0 Å². The molecule has 3 aliphatic rings. The van der Waals surface area contributed by atoms with E-state index in [2.05, 4.69) is 18.9 Å². The van der Waals surface area contributed by atoms with Crippen LogP contribution >= 0.6 is 0 Å². The maximum atomic E-state index is 6.64. The second kappa shape index (κ2) is 2.12. The fourth-order valence-corrected chi connectivity index (χ4v) is 4.00. The molecule has 1 saturated heterocycles. The molecule has 2 saturated carbocycles. The molecule has 0 unspecified atom stereocenters. The van der Waals surface area contributed by atoms with E-state index in [1.165, 1.54) is 25.7 Å². The van der Waals surface area contributed by atoms with Crippen LogP contribution in [0.15, 0.2) is 0 Å². The van der Waals surface area contributed by atoms with E-state index in [-0.39, 0.29) is 5.54 Å². The molecule has 3 fully saturated rings. The second-order valence-corrected chi connectivity index (χ2v) is 5.62. The summed E-state index contributed by atoms with van der Waals surface area (Å²) in [6, 6.07) is 0.713. The van der Waals surface area contributed by atoms with E-state index in [9.17, 15) is 0 Å². The van der Waals surface area contributed by atoms with Gasteiger partial charge in [-0.1, -0.05) is 0 Å². The third-order valence-electron chi connectivity index (χ3n) is 5.23. The number of nitrogens with two attached hydrogens (primary N) is 1. The number of rotatable bonds is 0. The summed E-state index contributed by atoms with van der Waals surface area (Å²) in [4.78, 5) is 2.46. The molecule has 2 heteroatoms. The standard InChI is InChI=1S/C11H20N2/c1-8-9-3-4-10(5-6-10)11(9,12)7-13(8)2/h8-9H,3-7,12H2,1-2H3/t8-,9-,11-/m1/s1. The molecule has 3 atom stereocenters. The van der Waals surface area contributed by atoms with E-state index in [1.54, 1.807) is 0 Å². The number of hydrogen-bond donors (Lipinski definition) is 1. The normalized spacial score (nSPS) is 52.8. The Morgan fingerprint density at radius 2 is 2.00 bits per heavy atom. The van der Waals surface area contributed by atoms with Gasteiger partial charge in [0.1, 0.15) is 0 Å². The van der Waals surface area contributed by atoms with Crippen LogP contribution in [-0.2, 0) is 0 Å². The first kappa shape index (κ1) is 8.25. The molecule has 3 rings (SSSR count). The lowest BCUT2D eigenvalue weighted by atomic mass is 9.80. The minimum Gasteiger partial charge on any atom is -0.323 e. The average molecular weight is 180 g/mol. The smallest absolute Gasteiger partial charge is 0.0383 e. The number of fused-ring (bicyclic) bond motifs is 2. The van der Waals surface area contributed by atoms with Crippen molar-refractivity contribution in [2.24, 2.45) is 17.1 Å². The van der Waals surface area contributed by atoms with Crippen molar-refractivity contribution < 1.29 is 0 Å². The summed E-state index contributed by atoms with van der Waals surface area (Å²) in [5.74, 6) is 0.778. The minimum absolute atomic E-state index is 0.182. The first-order chi connectivity index (χ1) is 6.09. The zero-order valence-electron chi connectivity index (χ0n) is 8.71. The Hall–Kier alpha value is -0.0800. The van der Waals surface area contributed by atoms with E-state index in [0.717, 1.165) is 12.5 Å². The maximum Gasteiger partial charge on any atom is 0.0383 e. The van der Waals surface area contributed by atoms with Gasteiger partial charge in [-0.25, -0.2) is 0 Å². The van der Waals surface area contributed by atoms with E-state index in [0.29, 0.717) is 11.5 Å². The zero-order valence-corrected chi connectivity index (χ0v) is 8.71. The Morgan fingerprint density at radius 1 is 1.31 bits per heavy atom. The highest BCUT2D eigenvalue weighted by atomic mass is 15.2. The van der Waals surface area contributed by atoms with Crippen LogP contribution in [0.5, 0.6) is 0 Å². The second-order valence-electron chi connectivity index (χ2n) is 5.62. The number of likely N-dealkylation sites (tertiary alicyclic amines) is 1. The van der Waals surface area contributed by atoms with Gasteiger partial charge in [-0.3, -0.25) is 0 Å². The van der Waals surface area contributed by atoms with Gasteiger partial charge in [-0.2, -0.15) is 0 Å². The SMILES string of the molecule is C[C@@H]1[C@H]2CCC3(CC3)[C@@]2(N)CN1C. The van der Waals surface area contributed by atoms with Crippen LogP contribution in [0.1, 0.15) is 32.6 Å². The van der Waals surface area contributed by atoms with E-state index in [4.69, 9.17) is 5.73 Å². The number of hydrogen-bond acceptors (Lipinski definition) is 2. The Bertz CT molecular complexity index is 246. The van der Waals surface area contributed by atoms with Gasteiger partial charge in [-0.05, 0) is 51.0 Å². The third-order valence-corrected chi connectivity index (χ3v) is 5.23. The average Bonchev–Trinajstić information content (AvgIpc) is 2.74. The van der Waals surface area contributed by atoms with E-state index >= 15 is 0 Å². The van der Waals surface area contributed by atoms with Gasteiger partial charge in [0, 0.05) is 18.1 Å². The summed E-state index contributed by atoms with van der Waals surface area (Å²) in [5, 5.41) is 0. The van der Waals surface area contributed by atoms with Crippen LogP contribution < -0.4 is 5.73 Å². The van der Waals surface area contributed by atoms with Crippen molar-refractivity contribution in [1.29, 1.82) is 0 Å². The lowest BCUT2D eigenvalue weighted by Crippen LogP contribution is -2.51. The van der Waals surface area contributed by atoms with Crippen LogP contribution in [-0.4, -0.2) is 30.1 Å². The highest BCUT2D eigenvalue weighted by molar-refractivity contribution is 5.23. The van der Waals surface area contributed by atoms with Crippen molar-refractivity contribution in [3.05, 3.63) is 0 Å². The van der Waals surface area contributed by atoms with Crippen molar-refractivity contribution in [2.45, 2.75) is 44.2 Å². The van der Waals surface area contributed by atoms with Crippen LogP contribution in [0.4, 0.5) is 0 Å². The summed E-state index contributed by atoms with van der Waals surface area (Å²) < 4.78 is 0. The lowest BCUT2D eigenvalue weighted by molar-refractivity contribution is 0.258. The van der Waals surface area contributed by atoms with Crippen LogP contribution in [0.3, 0.4) is 0 Å². The zero-order chi connectivity index (χ0) is 9.27. The largest absolute Gasteiger partial charge is 0.323 e. The number of nitrogens with zero attached hydrogens (tertiary/aromatic N) is 1. The van der Waals surface area contributed by atoms with Crippen molar-refractivity contribution in [3.63, 3.8) is 0 Å². The molecule has 1 heterocycles. The summed E-state index contributed by atoms with van der Waals surface area (Å²) in [6.07, 6.45) is 5.59. The molecule has 0 bridgehead atoms. The molecule has 2 N–H and O–H groups in total. The van der Waals surface area contributed by atoms with Gasteiger partial charge in [0.25, 0.3) is 0 Å². The van der Waals surface area contributed by atoms with Gasteiger partial charge in [0.2, 0.25) is 0 Å². The summed E-state index contributed by atoms with van der Waals surface area (Å²) in [6.45, 7) is 3.49. The predicted octanol–water partition coefficient (Wildman–Crippen LogP) is 1.21. The Morgan fingerprint density at radius 3 is 2.62 bits per heavy atom. The van der Waals surface area contributed by atoms with Gasteiger partial charge >= 0.3 is 0 Å². The molecule has 0 aromatic heterocycles. The summed E-state index contributed by atoms with van der Waals surface area (Å²) in [7, 11) is 2.23. The Balaban J connectivity index is 1.98. The van der Waals surface area contributed by atoms with Crippen molar-refractivity contribution in [1.82, 2.24) is 4.90 Å². The molecule has 2 nitrogen and oxygen atoms in total. The van der Waals surface area contributed by atoms with E-state index in [1.807, 2.05) is 0 Å². The quantitative estimate of drug-likeness (QED) is 0.607. The molecule has 1 spiro atoms. The van der Waals surface area contributed by atoms with Crippen LogP contribution in [0, 0.1) is 11.3 Å². The first-order valence-corrected chi connectivity index (χ1v) is 5.58. The highest BCUT2D eigenvalue weighted by Gasteiger charge is 2.67. The molecule has 2 aliphatic carbocycles. The van der Waals surface area contributed by atoms with E-state index < -0.39 is 0 Å². The summed E-state index contributed by atoms with van der Waals surface area (Å²) >= 11 is 0. The van der Waals surface area contributed by atoms with Crippen LogP contribution in [0.2, 0.25) is 0 Å². The minimum atomic E-state index is 0.182. The Kier molecular flexibility index (Phi) is 1.34. The lowest BCUT2D eigenvalue weighted by Gasteiger charge is -2.31. The Labute approximate surface area is 80.5 Å². The fourth-order valence-electron chi connectivity index (χ4n) is 4.00. The third kappa shape index (κ3) is 0.774. The molecular formula is C11H20N2. The molecule has 0 radical (unpaired) electrons. The molecule has 13 heavy (non-hydrogen) atoms. The predicted molar refractivity (Wildman–Crippen MR) is 53.4 cm³/mol. The molecule has 0 amide bonds. The molecular weight excluding hydrogens is 160 g/mol.